The quantitative estimate of drug-likeness (QED) is 0.822. The first-order valence-electron chi connectivity index (χ1n) is 5.37. The molecule has 0 spiro atoms. The third kappa shape index (κ3) is 3.15. The number of rotatable bonds is 3. The number of anilines is 2. The summed E-state index contributed by atoms with van der Waals surface area (Å²) in [7, 11) is 3.97. The fourth-order valence-electron chi connectivity index (χ4n) is 1.50. The van der Waals surface area contributed by atoms with Crippen LogP contribution in [0.1, 0.15) is 12.5 Å². The molecule has 1 rings (SSSR count). The van der Waals surface area contributed by atoms with Crippen molar-refractivity contribution in [3.05, 3.63) is 23.8 Å². The van der Waals surface area contributed by atoms with Gasteiger partial charge in [-0.2, -0.15) is 0 Å². The molecular weight excluding hydrogens is 202 g/mol. The number of nitrogens with one attached hydrogen (secondary N) is 2. The predicted molar refractivity (Wildman–Crippen MR) is 68.2 cm³/mol. The van der Waals surface area contributed by atoms with Gasteiger partial charge in [0.15, 0.2) is 0 Å². The highest BCUT2D eigenvalue weighted by Crippen LogP contribution is 2.22. The fourth-order valence-corrected chi connectivity index (χ4v) is 1.50. The van der Waals surface area contributed by atoms with E-state index in [1.165, 1.54) is 5.56 Å². The Morgan fingerprint density at radius 3 is 2.62 bits per heavy atom. The average Bonchev–Trinajstić information content (AvgIpc) is 2.21. The maximum Gasteiger partial charge on any atom is 0.319 e. The molecule has 1 aromatic carbocycles. The monoisotopic (exact) mass is 221 g/mol. The highest BCUT2D eigenvalue weighted by Gasteiger charge is 2.04. The highest BCUT2D eigenvalue weighted by atomic mass is 16.2. The van der Waals surface area contributed by atoms with E-state index in [2.05, 4.69) is 10.6 Å². The Morgan fingerprint density at radius 1 is 1.38 bits per heavy atom. The van der Waals surface area contributed by atoms with Gasteiger partial charge in [-0.3, -0.25) is 0 Å². The molecule has 0 unspecified atom stereocenters. The molecular formula is C12H19N3O. The first-order chi connectivity index (χ1) is 7.54. The second-order valence-electron chi connectivity index (χ2n) is 3.88. The molecule has 2 amide bonds. The Hall–Kier alpha value is -1.71. The molecule has 0 fully saturated rings. The first-order valence-corrected chi connectivity index (χ1v) is 5.37. The number of benzene rings is 1. The second-order valence-corrected chi connectivity index (χ2v) is 3.88. The van der Waals surface area contributed by atoms with E-state index in [1.54, 1.807) is 0 Å². The van der Waals surface area contributed by atoms with Gasteiger partial charge in [0.1, 0.15) is 0 Å². The van der Waals surface area contributed by atoms with Crippen LogP contribution in [0.15, 0.2) is 18.2 Å². The summed E-state index contributed by atoms with van der Waals surface area (Å²) in [5.41, 5.74) is 3.10. The van der Waals surface area contributed by atoms with Crippen LogP contribution in [-0.4, -0.2) is 26.7 Å². The number of nitrogens with zero attached hydrogens (tertiary/aromatic N) is 1. The van der Waals surface area contributed by atoms with Crippen molar-refractivity contribution >= 4 is 17.4 Å². The van der Waals surface area contributed by atoms with Crippen LogP contribution < -0.4 is 15.5 Å². The van der Waals surface area contributed by atoms with E-state index in [9.17, 15) is 4.79 Å². The van der Waals surface area contributed by atoms with Gasteiger partial charge < -0.3 is 15.5 Å². The average molecular weight is 221 g/mol. The van der Waals surface area contributed by atoms with Crippen LogP contribution in [0, 0.1) is 6.92 Å². The van der Waals surface area contributed by atoms with Crippen LogP contribution in [0.2, 0.25) is 0 Å². The summed E-state index contributed by atoms with van der Waals surface area (Å²) in [6.45, 7) is 4.56. The molecule has 0 aliphatic heterocycles. The molecule has 2 N–H and O–H groups in total. The molecule has 0 aliphatic rings. The van der Waals surface area contributed by atoms with Crippen LogP contribution in [0.5, 0.6) is 0 Å². The summed E-state index contributed by atoms with van der Waals surface area (Å²) < 4.78 is 0. The Kier molecular flexibility index (Phi) is 4.17. The van der Waals surface area contributed by atoms with E-state index < -0.39 is 0 Å². The minimum absolute atomic E-state index is 0.170. The lowest BCUT2D eigenvalue weighted by molar-refractivity contribution is 0.252. The van der Waals surface area contributed by atoms with Gasteiger partial charge in [-0.25, -0.2) is 4.79 Å². The fraction of sp³-hybridized carbons (Fsp3) is 0.417. The Labute approximate surface area is 96.6 Å². The lowest BCUT2D eigenvalue weighted by Crippen LogP contribution is -2.28. The number of amides is 2. The number of urea groups is 1. The molecule has 0 heterocycles. The van der Waals surface area contributed by atoms with Crippen molar-refractivity contribution in [1.29, 1.82) is 0 Å². The van der Waals surface area contributed by atoms with Crippen molar-refractivity contribution in [3.63, 3.8) is 0 Å². The lowest BCUT2D eigenvalue weighted by Gasteiger charge is -2.17. The number of carbonyl (C=O) groups excluding carboxylic acids is 1. The number of hydrogen-bond donors (Lipinski definition) is 2. The SMILES string of the molecule is CCNC(=O)Nc1ccc(C)c(N(C)C)c1. The van der Waals surface area contributed by atoms with Crippen molar-refractivity contribution in [2.75, 3.05) is 30.9 Å². The van der Waals surface area contributed by atoms with Gasteiger partial charge in [0.2, 0.25) is 0 Å². The largest absolute Gasteiger partial charge is 0.377 e. The van der Waals surface area contributed by atoms with Crippen LogP contribution >= 0.6 is 0 Å². The van der Waals surface area contributed by atoms with Gasteiger partial charge in [0, 0.05) is 32.0 Å². The van der Waals surface area contributed by atoms with Crippen LogP contribution in [0.3, 0.4) is 0 Å². The smallest absolute Gasteiger partial charge is 0.319 e. The van der Waals surface area contributed by atoms with E-state index >= 15 is 0 Å². The van der Waals surface area contributed by atoms with Crippen molar-refractivity contribution in [1.82, 2.24) is 5.32 Å². The highest BCUT2D eigenvalue weighted by molar-refractivity contribution is 5.89. The van der Waals surface area contributed by atoms with Crippen molar-refractivity contribution < 1.29 is 4.79 Å². The molecule has 4 heteroatoms. The molecule has 0 atom stereocenters. The predicted octanol–water partition coefficient (Wildman–Crippen LogP) is 2.20. The van der Waals surface area contributed by atoms with E-state index in [4.69, 9.17) is 0 Å². The summed E-state index contributed by atoms with van der Waals surface area (Å²) in [4.78, 5) is 13.4. The van der Waals surface area contributed by atoms with Gasteiger partial charge >= 0.3 is 6.03 Å². The van der Waals surface area contributed by atoms with Crippen molar-refractivity contribution in [3.8, 4) is 0 Å². The molecule has 0 saturated carbocycles. The zero-order valence-corrected chi connectivity index (χ0v) is 10.3. The van der Waals surface area contributed by atoms with Crippen molar-refractivity contribution in [2.24, 2.45) is 0 Å². The third-order valence-corrected chi connectivity index (χ3v) is 2.29. The van der Waals surface area contributed by atoms with E-state index in [0.717, 1.165) is 11.4 Å². The normalized spacial score (nSPS) is 9.75. The zero-order chi connectivity index (χ0) is 12.1. The number of hydrogen-bond acceptors (Lipinski definition) is 2. The summed E-state index contributed by atoms with van der Waals surface area (Å²) in [5.74, 6) is 0. The van der Waals surface area contributed by atoms with Crippen LogP contribution in [0.4, 0.5) is 16.2 Å². The second kappa shape index (κ2) is 5.39. The van der Waals surface area contributed by atoms with Gasteiger partial charge in [0.05, 0.1) is 0 Å². The molecule has 88 valence electrons. The molecule has 4 nitrogen and oxygen atoms in total. The summed E-state index contributed by atoms with van der Waals surface area (Å²) in [6.07, 6.45) is 0. The van der Waals surface area contributed by atoms with E-state index in [0.29, 0.717) is 6.54 Å². The minimum Gasteiger partial charge on any atom is -0.377 e. The molecule has 0 aromatic heterocycles. The molecule has 0 aliphatic carbocycles. The lowest BCUT2D eigenvalue weighted by atomic mass is 10.1. The van der Waals surface area contributed by atoms with Crippen LogP contribution in [-0.2, 0) is 0 Å². The van der Waals surface area contributed by atoms with E-state index in [1.807, 2.05) is 51.0 Å². The maximum absolute atomic E-state index is 11.3. The Bertz CT molecular complexity index is 375. The van der Waals surface area contributed by atoms with E-state index in [-0.39, 0.29) is 6.03 Å². The van der Waals surface area contributed by atoms with Crippen molar-refractivity contribution in [2.45, 2.75) is 13.8 Å². The maximum atomic E-state index is 11.3. The number of carbonyl (C=O) groups is 1. The summed E-state index contributed by atoms with van der Waals surface area (Å²) in [5, 5.41) is 5.48. The standard InChI is InChI=1S/C12H19N3O/c1-5-13-12(16)14-10-7-6-9(2)11(8-10)15(3)4/h6-8H,5H2,1-4H3,(H2,13,14,16). The molecule has 16 heavy (non-hydrogen) atoms. The topological polar surface area (TPSA) is 44.4 Å². The number of aryl methyl sites for hydroxylation is 1. The zero-order valence-electron chi connectivity index (χ0n) is 10.3. The first kappa shape index (κ1) is 12.4. The Balaban J connectivity index is 2.82. The molecule has 0 saturated heterocycles. The summed E-state index contributed by atoms with van der Waals surface area (Å²) in [6, 6.07) is 5.69. The van der Waals surface area contributed by atoms with Gasteiger partial charge in [0.25, 0.3) is 0 Å². The minimum atomic E-state index is -0.170. The Morgan fingerprint density at radius 2 is 2.06 bits per heavy atom. The third-order valence-electron chi connectivity index (χ3n) is 2.29. The van der Waals surface area contributed by atoms with Gasteiger partial charge in [-0.05, 0) is 31.5 Å². The molecule has 0 radical (unpaired) electrons. The van der Waals surface area contributed by atoms with Gasteiger partial charge in [-0.15, -0.1) is 0 Å². The van der Waals surface area contributed by atoms with Gasteiger partial charge in [-0.1, -0.05) is 6.07 Å². The summed E-state index contributed by atoms with van der Waals surface area (Å²) >= 11 is 0. The van der Waals surface area contributed by atoms with Crippen LogP contribution in [0.25, 0.3) is 0 Å². The molecule has 0 bridgehead atoms. The molecule has 1 aromatic rings.